The van der Waals surface area contributed by atoms with E-state index in [0.29, 0.717) is 18.8 Å². The van der Waals surface area contributed by atoms with E-state index in [0.717, 1.165) is 0 Å². The van der Waals surface area contributed by atoms with Crippen LogP contribution in [0.15, 0.2) is 53.4 Å². The van der Waals surface area contributed by atoms with Gasteiger partial charge in [0, 0.05) is 31.7 Å². The van der Waals surface area contributed by atoms with Crippen molar-refractivity contribution in [3.05, 3.63) is 59.9 Å². The fraction of sp³-hybridized carbons (Fsp3) is 0.235. The highest BCUT2D eigenvalue weighted by atomic mass is 32.2. The Kier molecular flexibility index (Phi) is 5.21. The number of hydrogen-bond donors (Lipinski definition) is 2. The fourth-order valence-electron chi connectivity index (χ4n) is 2.91. The quantitative estimate of drug-likeness (QED) is 0.469. The number of rotatable bonds is 4. The molecule has 0 spiro atoms. The van der Waals surface area contributed by atoms with E-state index in [2.05, 4.69) is 0 Å². The van der Waals surface area contributed by atoms with Crippen LogP contribution >= 0.6 is 0 Å². The first kappa shape index (κ1) is 18.3. The number of anilines is 1. The largest absolute Gasteiger partial charge is 0.367 e. The third kappa shape index (κ3) is 3.55. The van der Waals surface area contributed by atoms with Crippen molar-refractivity contribution in [3.63, 3.8) is 0 Å². The minimum absolute atomic E-state index is 0.0259. The lowest BCUT2D eigenvalue weighted by Gasteiger charge is -2.35. The number of para-hydroxylation sites is 1. The van der Waals surface area contributed by atoms with Crippen LogP contribution < -0.4 is 16.2 Å². The Balaban J connectivity index is 1.76. The SMILES string of the molecule is NNC(=O)c1cccc(S(=O)(=O)N2CCN(c3ccccc3F)CC2)c1. The van der Waals surface area contributed by atoms with E-state index in [1.807, 2.05) is 10.3 Å². The highest BCUT2D eigenvalue weighted by Gasteiger charge is 2.29. The molecule has 26 heavy (non-hydrogen) atoms. The van der Waals surface area contributed by atoms with E-state index in [1.165, 1.54) is 34.6 Å². The molecule has 0 atom stereocenters. The molecule has 0 radical (unpaired) electrons. The number of piperazine rings is 1. The smallest absolute Gasteiger partial charge is 0.265 e. The molecule has 1 saturated heterocycles. The fourth-order valence-corrected chi connectivity index (χ4v) is 4.38. The van der Waals surface area contributed by atoms with Crippen molar-refractivity contribution in [2.24, 2.45) is 5.84 Å². The molecule has 1 amide bonds. The van der Waals surface area contributed by atoms with Gasteiger partial charge in [-0.1, -0.05) is 18.2 Å². The Hall–Kier alpha value is -2.49. The maximum atomic E-state index is 13.9. The molecule has 3 N–H and O–H groups in total. The third-order valence-corrected chi connectivity index (χ3v) is 6.19. The summed E-state index contributed by atoms with van der Waals surface area (Å²) >= 11 is 0. The predicted octanol–water partition coefficient (Wildman–Crippen LogP) is 0.940. The molecular formula is C17H19FN4O3S. The van der Waals surface area contributed by atoms with E-state index in [-0.39, 0.29) is 29.4 Å². The monoisotopic (exact) mass is 378 g/mol. The lowest BCUT2D eigenvalue weighted by atomic mass is 10.2. The highest BCUT2D eigenvalue weighted by Crippen LogP contribution is 2.23. The second-order valence-corrected chi connectivity index (χ2v) is 7.78. The van der Waals surface area contributed by atoms with Gasteiger partial charge in [0.25, 0.3) is 5.91 Å². The van der Waals surface area contributed by atoms with Gasteiger partial charge in [-0.05, 0) is 30.3 Å². The molecule has 0 saturated carbocycles. The number of benzene rings is 2. The number of sulfonamides is 1. The summed E-state index contributed by atoms with van der Waals surface area (Å²) < 4.78 is 40.9. The molecule has 7 nitrogen and oxygen atoms in total. The summed E-state index contributed by atoms with van der Waals surface area (Å²) in [5, 5.41) is 0. The Morgan fingerprint density at radius 3 is 2.38 bits per heavy atom. The number of carbonyl (C=O) groups is 1. The van der Waals surface area contributed by atoms with Crippen LogP contribution in [0.25, 0.3) is 0 Å². The molecule has 9 heteroatoms. The van der Waals surface area contributed by atoms with Gasteiger partial charge in [0.05, 0.1) is 10.6 Å². The van der Waals surface area contributed by atoms with Crippen LogP contribution in [0.4, 0.5) is 10.1 Å². The number of nitrogens with zero attached hydrogens (tertiary/aromatic N) is 2. The van der Waals surface area contributed by atoms with Crippen LogP contribution in [0.3, 0.4) is 0 Å². The average Bonchev–Trinajstić information content (AvgIpc) is 2.68. The Morgan fingerprint density at radius 1 is 1.04 bits per heavy atom. The average molecular weight is 378 g/mol. The molecule has 3 rings (SSSR count). The van der Waals surface area contributed by atoms with Crippen molar-refractivity contribution in [1.29, 1.82) is 0 Å². The minimum atomic E-state index is -3.75. The van der Waals surface area contributed by atoms with Gasteiger partial charge >= 0.3 is 0 Å². The number of nitrogen functional groups attached to an aromatic ring is 1. The Bertz CT molecular complexity index is 912. The summed E-state index contributed by atoms with van der Waals surface area (Å²) in [5.74, 6) is 4.20. The number of hydrazine groups is 1. The topological polar surface area (TPSA) is 95.7 Å². The highest BCUT2D eigenvalue weighted by molar-refractivity contribution is 7.89. The second kappa shape index (κ2) is 7.40. The summed E-state index contributed by atoms with van der Waals surface area (Å²) in [6, 6.07) is 12.1. The summed E-state index contributed by atoms with van der Waals surface area (Å²) in [6.07, 6.45) is 0. The van der Waals surface area contributed by atoms with Gasteiger partial charge < -0.3 is 4.90 Å². The molecule has 138 valence electrons. The molecule has 2 aromatic rings. The standard InChI is InChI=1S/C17H19FN4O3S/c18-15-6-1-2-7-16(15)21-8-10-22(11-9-21)26(24,25)14-5-3-4-13(12-14)17(23)20-19/h1-7,12H,8-11,19H2,(H,20,23). The van der Waals surface area contributed by atoms with Crippen LogP contribution in [0.2, 0.25) is 0 Å². The van der Waals surface area contributed by atoms with Gasteiger partial charge in [0.15, 0.2) is 0 Å². The zero-order chi connectivity index (χ0) is 18.7. The maximum Gasteiger partial charge on any atom is 0.265 e. The molecule has 1 fully saturated rings. The van der Waals surface area contributed by atoms with Gasteiger partial charge in [0.2, 0.25) is 10.0 Å². The molecule has 2 aromatic carbocycles. The normalized spacial score (nSPS) is 15.7. The second-order valence-electron chi connectivity index (χ2n) is 5.84. The summed E-state index contributed by atoms with van der Waals surface area (Å²) in [7, 11) is -3.75. The molecule has 0 unspecified atom stereocenters. The molecule has 1 aliphatic heterocycles. The van der Waals surface area contributed by atoms with Crippen LogP contribution in [0.5, 0.6) is 0 Å². The zero-order valence-corrected chi connectivity index (χ0v) is 14.7. The third-order valence-electron chi connectivity index (χ3n) is 4.30. The number of hydrogen-bond acceptors (Lipinski definition) is 5. The van der Waals surface area contributed by atoms with E-state index >= 15 is 0 Å². The Morgan fingerprint density at radius 2 is 1.73 bits per heavy atom. The number of nitrogens with one attached hydrogen (secondary N) is 1. The van der Waals surface area contributed by atoms with Crippen molar-refractivity contribution < 1.29 is 17.6 Å². The van der Waals surface area contributed by atoms with Gasteiger partial charge in [0.1, 0.15) is 5.82 Å². The molecule has 1 heterocycles. The van der Waals surface area contributed by atoms with Crippen molar-refractivity contribution in [3.8, 4) is 0 Å². The zero-order valence-electron chi connectivity index (χ0n) is 13.9. The lowest BCUT2D eigenvalue weighted by molar-refractivity contribution is 0.0953. The van der Waals surface area contributed by atoms with Crippen LogP contribution in [-0.2, 0) is 10.0 Å². The first-order valence-corrected chi connectivity index (χ1v) is 9.48. The van der Waals surface area contributed by atoms with Crippen molar-refractivity contribution in [2.75, 3.05) is 31.1 Å². The van der Waals surface area contributed by atoms with Gasteiger partial charge in [-0.25, -0.2) is 18.7 Å². The Labute approximate surface area is 151 Å². The van der Waals surface area contributed by atoms with Crippen LogP contribution in [0.1, 0.15) is 10.4 Å². The number of carbonyl (C=O) groups excluding carboxylic acids is 1. The van der Waals surface area contributed by atoms with E-state index in [4.69, 9.17) is 5.84 Å². The summed E-state index contributed by atoms with van der Waals surface area (Å²) in [5.41, 5.74) is 2.61. The molecule has 1 aliphatic rings. The van der Waals surface area contributed by atoms with E-state index in [9.17, 15) is 17.6 Å². The van der Waals surface area contributed by atoms with Crippen molar-refractivity contribution in [2.45, 2.75) is 4.90 Å². The minimum Gasteiger partial charge on any atom is -0.367 e. The van der Waals surface area contributed by atoms with E-state index in [1.54, 1.807) is 18.2 Å². The number of amides is 1. The van der Waals surface area contributed by atoms with Crippen LogP contribution in [-0.4, -0.2) is 44.8 Å². The predicted molar refractivity (Wildman–Crippen MR) is 95.5 cm³/mol. The lowest BCUT2D eigenvalue weighted by Crippen LogP contribution is -2.48. The van der Waals surface area contributed by atoms with Crippen LogP contribution in [0, 0.1) is 5.82 Å². The maximum absolute atomic E-state index is 13.9. The first-order chi connectivity index (χ1) is 12.4. The first-order valence-electron chi connectivity index (χ1n) is 8.04. The van der Waals surface area contributed by atoms with Gasteiger partial charge in [-0.2, -0.15) is 4.31 Å². The summed E-state index contributed by atoms with van der Waals surface area (Å²) in [4.78, 5) is 13.5. The number of halogens is 1. The van der Waals surface area contributed by atoms with E-state index < -0.39 is 15.9 Å². The molecule has 0 aliphatic carbocycles. The molecule has 0 bridgehead atoms. The van der Waals surface area contributed by atoms with Crippen molar-refractivity contribution >= 4 is 21.6 Å². The number of nitrogens with two attached hydrogens (primary N) is 1. The molecular weight excluding hydrogens is 359 g/mol. The van der Waals surface area contributed by atoms with Gasteiger partial charge in [-0.15, -0.1) is 0 Å². The molecule has 0 aromatic heterocycles. The summed E-state index contributed by atoms with van der Waals surface area (Å²) in [6.45, 7) is 1.21. The van der Waals surface area contributed by atoms with Gasteiger partial charge in [-0.3, -0.25) is 10.2 Å². The van der Waals surface area contributed by atoms with Crippen molar-refractivity contribution in [1.82, 2.24) is 9.73 Å².